The molecule has 0 N–H and O–H groups in total. The summed E-state index contributed by atoms with van der Waals surface area (Å²) < 4.78 is 5.46. The van der Waals surface area contributed by atoms with Gasteiger partial charge < -0.3 is 4.74 Å². The third kappa shape index (κ3) is 3.96. The van der Waals surface area contributed by atoms with Gasteiger partial charge in [-0.15, -0.1) is 0 Å². The molecule has 0 spiro atoms. The van der Waals surface area contributed by atoms with Gasteiger partial charge in [0.15, 0.2) is 0 Å². The van der Waals surface area contributed by atoms with Crippen molar-refractivity contribution < 1.29 is 4.74 Å². The third-order valence-corrected chi connectivity index (χ3v) is 3.84. The summed E-state index contributed by atoms with van der Waals surface area (Å²) in [5, 5.41) is 10.7. The number of benzene rings is 1. The van der Waals surface area contributed by atoms with Gasteiger partial charge in [-0.05, 0) is 54.1 Å². The Labute approximate surface area is 114 Å². The lowest BCUT2D eigenvalue weighted by molar-refractivity contribution is 0.403. The van der Waals surface area contributed by atoms with E-state index in [4.69, 9.17) is 10.00 Å². The van der Waals surface area contributed by atoms with Crippen molar-refractivity contribution in [1.82, 2.24) is 0 Å². The number of aryl methyl sites for hydroxylation is 1. The maximum Gasteiger partial charge on any atom is 0.133 e. The molecule has 0 saturated heterocycles. The Kier molecular flexibility index (Phi) is 6.67. The van der Waals surface area contributed by atoms with Crippen molar-refractivity contribution in [2.45, 2.75) is 39.0 Å². The van der Waals surface area contributed by atoms with E-state index >= 15 is 0 Å². The molecule has 0 aromatic heterocycles. The number of nitriles is 1. The maximum atomic E-state index is 8.59. The molecule has 0 bridgehead atoms. The fraction of sp³-hybridized carbons (Fsp3) is 0.533. The molecule has 2 nitrogen and oxygen atoms in total. The highest BCUT2D eigenvalue weighted by molar-refractivity contribution is 8.03. The van der Waals surface area contributed by atoms with Crippen LogP contribution < -0.4 is 4.74 Å². The molecule has 0 amide bonds. The first-order chi connectivity index (χ1) is 8.76. The van der Waals surface area contributed by atoms with E-state index in [1.54, 1.807) is 7.11 Å². The summed E-state index contributed by atoms with van der Waals surface area (Å²) in [7, 11) is 1.72. The topological polar surface area (TPSA) is 33.0 Å². The molecule has 1 aromatic rings. The first-order valence-electron chi connectivity index (χ1n) is 6.44. The van der Waals surface area contributed by atoms with Gasteiger partial charge in [0.1, 0.15) is 11.2 Å². The van der Waals surface area contributed by atoms with Crippen molar-refractivity contribution in [3.8, 4) is 11.2 Å². The van der Waals surface area contributed by atoms with Crippen molar-refractivity contribution in [1.29, 1.82) is 5.26 Å². The number of rotatable bonds is 7. The fourth-order valence-corrected chi connectivity index (χ4v) is 2.64. The number of methoxy groups -OCH3 is 1. The molecule has 0 aliphatic carbocycles. The van der Waals surface area contributed by atoms with Crippen molar-refractivity contribution in [3.05, 3.63) is 29.3 Å². The molecular weight excluding hydrogens is 242 g/mol. The van der Waals surface area contributed by atoms with E-state index in [9.17, 15) is 0 Å². The minimum Gasteiger partial charge on any atom is -0.496 e. The first-order valence-corrected chi connectivity index (χ1v) is 7.43. The predicted molar refractivity (Wildman–Crippen MR) is 78.1 cm³/mol. The van der Waals surface area contributed by atoms with Gasteiger partial charge in [0, 0.05) is 5.75 Å². The van der Waals surface area contributed by atoms with E-state index in [1.807, 2.05) is 0 Å². The SMILES string of the molecule is CCc1ccc(OC)c(C(CC)CCSC#N)c1. The Bertz CT molecular complexity index is 411. The second-order valence-electron chi connectivity index (χ2n) is 4.26. The minimum absolute atomic E-state index is 0.479. The normalized spacial score (nSPS) is 11.9. The summed E-state index contributed by atoms with van der Waals surface area (Å²) in [6, 6.07) is 6.44. The van der Waals surface area contributed by atoms with Crippen molar-refractivity contribution in [2.24, 2.45) is 0 Å². The van der Waals surface area contributed by atoms with Crippen LogP contribution in [-0.2, 0) is 6.42 Å². The number of ether oxygens (including phenoxy) is 1. The second-order valence-corrected chi connectivity index (χ2v) is 5.14. The lowest BCUT2D eigenvalue weighted by Crippen LogP contribution is -2.03. The third-order valence-electron chi connectivity index (χ3n) is 3.27. The number of nitrogens with zero attached hydrogens (tertiary/aromatic N) is 1. The Balaban J connectivity index is 2.91. The lowest BCUT2D eigenvalue weighted by atomic mass is 9.91. The molecular formula is C15H21NOS. The van der Waals surface area contributed by atoms with Crippen molar-refractivity contribution >= 4 is 11.8 Å². The van der Waals surface area contributed by atoms with E-state index < -0.39 is 0 Å². The molecule has 0 saturated carbocycles. The zero-order valence-electron chi connectivity index (χ0n) is 11.4. The molecule has 1 unspecified atom stereocenters. The Morgan fingerprint density at radius 2 is 2.17 bits per heavy atom. The summed E-state index contributed by atoms with van der Waals surface area (Å²) in [4.78, 5) is 0. The van der Waals surface area contributed by atoms with Gasteiger partial charge in [0.2, 0.25) is 0 Å². The van der Waals surface area contributed by atoms with Crippen LogP contribution in [0.1, 0.15) is 43.7 Å². The highest BCUT2D eigenvalue weighted by Crippen LogP contribution is 2.33. The average Bonchev–Trinajstić information content (AvgIpc) is 2.43. The van der Waals surface area contributed by atoms with Crippen LogP contribution in [0.2, 0.25) is 0 Å². The Morgan fingerprint density at radius 1 is 1.39 bits per heavy atom. The molecule has 18 heavy (non-hydrogen) atoms. The van der Waals surface area contributed by atoms with Crippen LogP contribution in [-0.4, -0.2) is 12.9 Å². The molecule has 0 aliphatic heterocycles. The lowest BCUT2D eigenvalue weighted by Gasteiger charge is -2.18. The summed E-state index contributed by atoms with van der Waals surface area (Å²) in [6.45, 7) is 4.36. The van der Waals surface area contributed by atoms with E-state index in [0.29, 0.717) is 5.92 Å². The van der Waals surface area contributed by atoms with Gasteiger partial charge >= 0.3 is 0 Å². The van der Waals surface area contributed by atoms with Crippen molar-refractivity contribution in [2.75, 3.05) is 12.9 Å². The maximum absolute atomic E-state index is 8.59. The van der Waals surface area contributed by atoms with Gasteiger partial charge in [-0.1, -0.05) is 26.0 Å². The number of thioether (sulfide) groups is 1. The second kappa shape index (κ2) is 8.05. The van der Waals surface area contributed by atoms with Gasteiger partial charge in [0.05, 0.1) is 7.11 Å². The van der Waals surface area contributed by atoms with Crippen LogP contribution in [0.25, 0.3) is 0 Å². The Hall–Kier alpha value is -1.14. The first kappa shape index (κ1) is 14.9. The highest BCUT2D eigenvalue weighted by Gasteiger charge is 2.14. The van der Waals surface area contributed by atoms with E-state index in [1.165, 1.54) is 22.9 Å². The van der Waals surface area contributed by atoms with Gasteiger partial charge in [-0.2, -0.15) is 5.26 Å². The molecule has 0 heterocycles. The van der Waals surface area contributed by atoms with Gasteiger partial charge in [0.25, 0.3) is 0 Å². The highest BCUT2D eigenvalue weighted by atomic mass is 32.2. The standard InChI is InChI=1S/C15H21NOS/c1-4-12-6-7-15(17-3)14(10-12)13(5-2)8-9-18-11-16/h6-7,10,13H,4-5,8-9H2,1-3H3. The predicted octanol–water partition coefficient (Wildman–Crippen LogP) is 4.36. The average molecular weight is 263 g/mol. The molecule has 0 radical (unpaired) electrons. The Morgan fingerprint density at radius 3 is 2.72 bits per heavy atom. The number of hydrogen-bond donors (Lipinski definition) is 0. The molecule has 1 aromatic carbocycles. The minimum atomic E-state index is 0.479. The zero-order valence-corrected chi connectivity index (χ0v) is 12.2. The summed E-state index contributed by atoms with van der Waals surface area (Å²) in [5.41, 5.74) is 2.63. The molecule has 3 heteroatoms. The molecule has 98 valence electrons. The number of hydrogen-bond acceptors (Lipinski definition) is 3. The van der Waals surface area contributed by atoms with Crippen LogP contribution in [0.4, 0.5) is 0 Å². The number of thiocyanates is 1. The van der Waals surface area contributed by atoms with E-state index in [0.717, 1.165) is 30.8 Å². The van der Waals surface area contributed by atoms with E-state index in [2.05, 4.69) is 37.4 Å². The molecule has 0 aliphatic rings. The fourth-order valence-electron chi connectivity index (χ4n) is 2.15. The van der Waals surface area contributed by atoms with Gasteiger partial charge in [-0.25, -0.2) is 0 Å². The van der Waals surface area contributed by atoms with Crippen LogP contribution in [0.5, 0.6) is 5.75 Å². The summed E-state index contributed by atoms with van der Waals surface area (Å²) >= 11 is 1.33. The monoisotopic (exact) mass is 263 g/mol. The molecule has 0 fully saturated rings. The van der Waals surface area contributed by atoms with Crippen molar-refractivity contribution in [3.63, 3.8) is 0 Å². The van der Waals surface area contributed by atoms with Crippen LogP contribution >= 0.6 is 11.8 Å². The zero-order chi connectivity index (χ0) is 13.4. The molecule has 1 atom stereocenters. The summed E-state index contributed by atoms with van der Waals surface area (Å²) in [5.74, 6) is 2.34. The van der Waals surface area contributed by atoms with Crippen LogP contribution in [0, 0.1) is 10.7 Å². The smallest absolute Gasteiger partial charge is 0.133 e. The van der Waals surface area contributed by atoms with Gasteiger partial charge in [-0.3, -0.25) is 0 Å². The summed E-state index contributed by atoms with van der Waals surface area (Å²) in [6.07, 6.45) is 3.15. The van der Waals surface area contributed by atoms with Crippen LogP contribution in [0.15, 0.2) is 18.2 Å². The quantitative estimate of drug-likeness (QED) is 0.541. The van der Waals surface area contributed by atoms with Crippen LogP contribution in [0.3, 0.4) is 0 Å². The molecule has 1 rings (SSSR count). The largest absolute Gasteiger partial charge is 0.496 e. The van der Waals surface area contributed by atoms with E-state index in [-0.39, 0.29) is 0 Å².